The molecule has 3 aromatic rings. The van der Waals surface area contributed by atoms with E-state index in [1.165, 1.54) is 11.3 Å². The van der Waals surface area contributed by atoms with Gasteiger partial charge in [-0.25, -0.2) is 0 Å². The van der Waals surface area contributed by atoms with Gasteiger partial charge in [0.25, 0.3) is 5.91 Å². The fourth-order valence-electron chi connectivity index (χ4n) is 2.12. The molecular weight excluding hydrogens is 270 g/mol. The lowest BCUT2D eigenvalue weighted by Gasteiger charge is -2.02. The Kier molecular flexibility index (Phi) is 3.83. The molecule has 2 aromatic heterocycles. The van der Waals surface area contributed by atoms with Gasteiger partial charge in [-0.15, -0.1) is 0 Å². The second-order valence-corrected chi connectivity index (χ2v) is 5.40. The van der Waals surface area contributed by atoms with Gasteiger partial charge in [0.05, 0.1) is 0 Å². The average molecular weight is 285 g/mol. The summed E-state index contributed by atoms with van der Waals surface area (Å²) in [5.41, 5.74) is 1.66. The van der Waals surface area contributed by atoms with Crippen molar-refractivity contribution in [1.82, 2.24) is 5.32 Å². The zero-order valence-corrected chi connectivity index (χ0v) is 11.8. The van der Waals surface area contributed by atoms with Crippen LogP contribution in [0.15, 0.2) is 51.6 Å². The Morgan fingerprint density at radius 1 is 1.25 bits per heavy atom. The maximum absolute atomic E-state index is 11.7. The molecule has 0 saturated heterocycles. The Balaban J connectivity index is 1.49. The molecule has 0 fully saturated rings. The third-order valence-corrected chi connectivity index (χ3v) is 3.83. The standard InChI is InChI=1S/C16H15NO2S/c18-16(13-7-9-20-11-13)17-8-3-5-14-10-12-4-1-2-6-15(12)19-14/h1-2,4,6-7,9-11H,3,5,8H2,(H,17,18). The number of fused-ring (bicyclic) bond motifs is 1. The SMILES string of the molecule is O=C(NCCCc1cc2ccccc2o1)c1ccsc1. The van der Waals surface area contributed by atoms with Gasteiger partial charge < -0.3 is 9.73 Å². The lowest BCUT2D eigenvalue weighted by atomic mass is 10.2. The number of para-hydroxylation sites is 1. The molecule has 102 valence electrons. The third-order valence-electron chi connectivity index (χ3n) is 3.15. The predicted molar refractivity (Wildman–Crippen MR) is 81.2 cm³/mol. The number of furan rings is 1. The van der Waals surface area contributed by atoms with Gasteiger partial charge in [-0.1, -0.05) is 18.2 Å². The summed E-state index contributed by atoms with van der Waals surface area (Å²) in [5.74, 6) is 0.965. The van der Waals surface area contributed by atoms with E-state index in [0.29, 0.717) is 6.54 Å². The molecule has 0 aliphatic carbocycles. The lowest BCUT2D eigenvalue weighted by Crippen LogP contribution is -2.24. The van der Waals surface area contributed by atoms with E-state index in [4.69, 9.17) is 4.42 Å². The molecule has 4 heteroatoms. The number of thiophene rings is 1. The van der Waals surface area contributed by atoms with Gasteiger partial charge in [-0.2, -0.15) is 11.3 Å². The van der Waals surface area contributed by atoms with Gasteiger partial charge in [0.1, 0.15) is 11.3 Å². The Bertz CT molecular complexity index is 667. The van der Waals surface area contributed by atoms with Crippen molar-refractivity contribution in [2.75, 3.05) is 6.54 Å². The normalized spacial score (nSPS) is 10.8. The van der Waals surface area contributed by atoms with Crippen LogP contribution in [0.5, 0.6) is 0 Å². The minimum absolute atomic E-state index is 0.00384. The first-order valence-electron chi connectivity index (χ1n) is 6.61. The highest BCUT2D eigenvalue weighted by Gasteiger charge is 2.06. The zero-order valence-electron chi connectivity index (χ0n) is 11.0. The molecule has 1 N–H and O–H groups in total. The summed E-state index contributed by atoms with van der Waals surface area (Å²) >= 11 is 1.53. The van der Waals surface area contributed by atoms with Gasteiger partial charge in [0.15, 0.2) is 0 Å². The largest absolute Gasteiger partial charge is 0.461 e. The third kappa shape index (κ3) is 2.91. The summed E-state index contributed by atoms with van der Waals surface area (Å²) in [6.45, 7) is 0.658. The number of hydrogen-bond acceptors (Lipinski definition) is 3. The first kappa shape index (κ1) is 12.9. The highest BCUT2D eigenvalue weighted by Crippen LogP contribution is 2.19. The van der Waals surface area contributed by atoms with Crippen LogP contribution in [0, 0.1) is 0 Å². The Labute approximate surface area is 121 Å². The summed E-state index contributed by atoms with van der Waals surface area (Å²) in [6, 6.07) is 11.9. The fraction of sp³-hybridized carbons (Fsp3) is 0.188. The molecule has 0 radical (unpaired) electrons. The van der Waals surface area contributed by atoms with Crippen LogP contribution in [0.2, 0.25) is 0 Å². The predicted octanol–water partition coefficient (Wildman–Crippen LogP) is 3.86. The first-order valence-corrected chi connectivity index (χ1v) is 7.55. The number of rotatable bonds is 5. The van der Waals surface area contributed by atoms with Crippen molar-refractivity contribution < 1.29 is 9.21 Å². The van der Waals surface area contributed by atoms with Gasteiger partial charge in [0.2, 0.25) is 0 Å². The number of aryl methyl sites for hydroxylation is 1. The average Bonchev–Trinajstić information content (AvgIpc) is 3.11. The molecule has 1 amide bonds. The molecule has 0 aliphatic heterocycles. The number of carbonyl (C=O) groups is 1. The van der Waals surface area contributed by atoms with E-state index >= 15 is 0 Å². The number of hydrogen-bond donors (Lipinski definition) is 1. The van der Waals surface area contributed by atoms with Crippen LogP contribution >= 0.6 is 11.3 Å². The van der Waals surface area contributed by atoms with Crippen molar-refractivity contribution in [1.29, 1.82) is 0 Å². The van der Waals surface area contributed by atoms with Crippen LogP contribution in [0.3, 0.4) is 0 Å². The number of carbonyl (C=O) groups excluding carboxylic acids is 1. The van der Waals surface area contributed by atoms with E-state index in [0.717, 1.165) is 35.1 Å². The van der Waals surface area contributed by atoms with Gasteiger partial charge in [-0.05, 0) is 30.0 Å². The Hall–Kier alpha value is -2.07. The van der Waals surface area contributed by atoms with Crippen molar-refractivity contribution in [3.63, 3.8) is 0 Å². The van der Waals surface area contributed by atoms with Gasteiger partial charge in [-0.3, -0.25) is 4.79 Å². The minimum Gasteiger partial charge on any atom is -0.461 e. The highest BCUT2D eigenvalue weighted by molar-refractivity contribution is 7.08. The molecule has 0 spiro atoms. The summed E-state index contributed by atoms with van der Waals surface area (Å²) in [7, 11) is 0. The second kappa shape index (κ2) is 5.92. The first-order chi connectivity index (χ1) is 9.83. The molecule has 0 saturated carbocycles. The molecule has 0 atom stereocenters. The fourth-order valence-corrected chi connectivity index (χ4v) is 2.76. The molecule has 0 aliphatic rings. The summed E-state index contributed by atoms with van der Waals surface area (Å²) in [4.78, 5) is 11.7. The number of nitrogens with one attached hydrogen (secondary N) is 1. The van der Waals surface area contributed by atoms with E-state index in [2.05, 4.69) is 11.4 Å². The molecule has 0 unspecified atom stereocenters. The molecule has 3 rings (SSSR count). The topological polar surface area (TPSA) is 42.2 Å². The second-order valence-electron chi connectivity index (χ2n) is 4.62. The molecule has 2 heterocycles. The zero-order chi connectivity index (χ0) is 13.8. The Morgan fingerprint density at radius 2 is 2.15 bits per heavy atom. The number of benzene rings is 1. The maximum Gasteiger partial charge on any atom is 0.252 e. The smallest absolute Gasteiger partial charge is 0.252 e. The van der Waals surface area contributed by atoms with Crippen LogP contribution in [-0.4, -0.2) is 12.5 Å². The van der Waals surface area contributed by atoms with Crippen LogP contribution in [0.25, 0.3) is 11.0 Å². The molecule has 1 aromatic carbocycles. The molecule has 20 heavy (non-hydrogen) atoms. The molecule has 3 nitrogen and oxygen atoms in total. The van der Waals surface area contributed by atoms with Crippen LogP contribution in [-0.2, 0) is 6.42 Å². The number of amides is 1. The lowest BCUT2D eigenvalue weighted by molar-refractivity contribution is 0.0953. The van der Waals surface area contributed by atoms with E-state index in [9.17, 15) is 4.79 Å². The highest BCUT2D eigenvalue weighted by atomic mass is 32.1. The van der Waals surface area contributed by atoms with Crippen LogP contribution in [0.1, 0.15) is 22.5 Å². The van der Waals surface area contributed by atoms with E-state index < -0.39 is 0 Å². The van der Waals surface area contributed by atoms with Crippen molar-refractivity contribution >= 4 is 28.2 Å². The Morgan fingerprint density at radius 3 is 2.95 bits per heavy atom. The van der Waals surface area contributed by atoms with E-state index in [1.54, 1.807) is 0 Å². The van der Waals surface area contributed by atoms with Crippen molar-refractivity contribution in [2.45, 2.75) is 12.8 Å². The molecule has 0 bridgehead atoms. The van der Waals surface area contributed by atoms with E-state index in [-0.39, 0.29) is 5.91 Å². The van der Waals surface area contributed by atoms with Gasteiger partial charge in [0, 0.05) is 29.3 Å². The summed E-state index contributed by atoms with van der Waals surface area (Å²) in [6.07, 6.45) is 1.70. The van der Waals surface area contributed by atoms with Crippen molar-refractivity contribution in [3.05, 3.63) is 58.5 Å². The molecular formula is C16H15NO2S. The van der Waals surface area contributed by atoms with Crippen LogP contribution < -0.4 is 5.32 Å². The summed E-state index contributed by atoms with van der Waals surface area (Å²) in [5, 5.41) is 7.81. The monoisotopic (exact) mass is 285 g/mol. The maximum atomic E-state index is 11.7. The van der Waals surface area contributed by atoms with Gasteiger partial charge >= 0.3 is 0 Å². The van der Waals surface area contributed by atoms with E-state index in [1.807, 2.05) is 41.1 Å². The summed E-state index contributed by atoms with van der Waals surface area (Å²) < 4.78 is 5.74. The van der Waals surface area contributed by atoms with Crippen LogP contribution in [0.4, 0.5) is 0 Å². The minimum atomic E-state index is -0.00384. The van der Waals surface area contributed by atoms with Crippen molar-refractivity contribution in [3.8, 4) is 0 Å². The van der Waals surface area contributed by atoms with Crippen molar-refractivity contribution in [2.24, 2.45) is 0 Å². The quantitative estimate of drug-likeness (QED) is 0.723.